The maximum absolute atomic E-state index is 11.6. The summed E-state index contributed by atoms with van der Waals surface area (Å²) in [4.78, 5) is 22.7. The largest absolute Gasteiger partial charge is 0.490 e. The van der Waals surface area contributed by atoms with E-state index in [2.05, 4.69) is 4.74 Å². The smallest absolute Gasteiger partial charge is 0.379 e. The molecule has 23 heavy (non-hydrogen) atoms. The Balaban J connectivity index is 1.79. The van der Waals surface area contributed by atoms with Gasteiger partial charge in [-0.05, 0) is 43.3 Å². The molecular formula is C18H18O5. The third kappa shape index (κ3) is 4.85. The first-order chi connectivity index (χ1) is 11.1. The summed E-state index contributed by atoms with van der Waals surface area (Å²) in [7, 11) is 1.17. The molecule has 120 valence electrons. The molecule has 0 atom stereocenters. The summed E-state index contributed by atoms with van der Waals surface area (Å²) in [5.41, 5.74) is 1.44. The van der Waals surface area contributed by atoms with E-state index >= 15 is 0 Å². The van der Waals surface area contributed by atoms with Gasteiger partial charge in [-0.25, -0.2) is 4.79 Å². The van der Waals surface area contributed by atoms with E-state index in [9.17, 15) is 9.59 Å². The monoisotopic (exact) mass is 314 g/mol. The van der Waals surface area contributed by atoms with Gasteiger partial charge in [-0.3, -0.25) is 4.79 Å². The zero-order valence-electron chi connectivity index (χ0n) is 13.1. The van der Waals surface area contributed by atoms with Crippen molar-refractivity contribution in [1.82, 2.24) is 0 Å². The highest BCUT2D eigenvalue weighted by Gasteiger charge is 2.16. The fraction of sp³-hybridized carbons (Fsp3) is 0.222. The SMILES string of the molecule is COC(=O)C(=O)c1ccc(OCCOc2ccc(C)cc2)cc1. The van der Waals surface area contributed by atoms with Crippen molar-refractivity contribution in [3.8, 4) is 11.5 Å². The van der Waals surface area contributed by atoms with Gasteiger partial charge >= 0.3 is 5.97 Å². The Kier molecular flexibility index (Phi) is 5.74. The fourth-order valence-corrected chi connectivity index (χ4v) is 1.87. The molecule has 0 aliphatic heterocycles. The predicted molar refractivity (Wildman–Crippen MR) is 85.0 cm³/mol. The highest BCUT2D eigenvalue weighted by atomic mass is 16.5. The molecule has 2 aromatic carbocycles. The van der Waals surface area contributed by atoms with Crippen LogP contribution in [0.25, 0.3) is 0 Å². The molecule has 0 bridgehead atoms. The van der Waals surface area contributed by atoms with Crippen LogP contribution >= 0.6 is 0 Å². The van der Waals surface area contributed by atoms with Crippen molar-refractivity contribution < 1.29 is 23.8 Å². The summed E-state index contributed by atoms with van der Waals surface area (Å²) in [6.45, 7) is 2.80. The van der Waals surface area contributed by atoms with Gasteiger partial charge in [0, 0.05) is 5.56 Å². The molecule has 0 spiro atoms. The average Bonchev–Trinajstić information content (AvgIpc) is 2.59. The van der Waals surface area contributed by atoms with Crippen LogP contribution in [-0.2, 0) is 9.53 Å². The number of carbonyl (C=O) groups is 2. The molecule has 0 aliphatic rings. The van der Waals surface area contributed by atoms with Gasteiger partial charge in [0.1, 0.15) is 24.7 Å². The Morgan fingerprint density at radius 1 is 0.826 bits per heavy atom. The third-order valence-electron chi connectivity index (χ3n) is 3.13. The Bertz CT molecular complexity index is 659. The van der Waals surface area contributed by atoms with Crippen molar-refractivity contribution in [3.63, 3.8) is 0 Å². The Labute approximate surface area is 134 Å². The highest BCUT2D eigenvalue weighted by molar-refractivity contribution is 6.40. The van der Waals surface area contributed by atoms with Gasteiger partial charge in [-0.15, -0.1) is 0 Å². The molecule has 0 N–H and O–H groups in total. The number of rotatable bonds is 7. The van der Waals surface area contributed by atoms with Crippen LogP contribution in [0.2, 0.25) is 0 Å². The molecular weight excluding hydrogens is 296 g/mol. The number of methoxy groups -OCH3 is 1. The molecule has 0 unspecified atom stereocenters. The van der Waals surface area contributed by atoms with Crippen molar-refractivity contribution in [2.24, 2.45) is 0 Å². The van der Waals surface area contributed by atoms with Crippen molar-refractivity contribution in [1.29, 1.82) is 0 Å². The first kappa shape index (κ1) is 16.5. The normalized spacial score (nSPS) is 10.0. The van der Waals surface area contributed by atoms with Crippen LogP contribution in [0.5, 0.6) is 11.5 Å². The predicted octanol–water partition coefficient (Wildman–Crippen LogP) is 2.81. The topological polar surface area (TPSA) is 61.8 Å². The first-order valence-electron chi connectivity index (χ1n) is 7.15. The maximum atomic E-state index is 11.6. The summed E-state index contributed by atoms with van der Waals surface area (Å²) >= 11 is 0. The molecule has 2 rings (SSSR count). The van der Waals surface area contributed by atoms with Gasteiger partial charge in [-0.1, -0.05) is 17.7 Å². The van der Waals surface area contributed by atoms with Crippen molar-refractivity contribution in [2.75, 3.05) is 20.3 Å². The number of ketones is 1. The third-order valence-corrected chi connectivity index (χ3v) is 3.13. The number of ether oxygens (including phenoxy) is 3. The van der Waals surface area contributed by atoms with Gasteiger partial charge in [0.05, 0.1) is 7.11 Å². The van der Waals surface area contributed by atoms with E-state index in [0.29, 0.717) is 19.0 Å². The lowest BCUT2D eigenvalue weighted by atomic mass is 10.1. The highest BCUT2D eigenvalue weighted by Crippen LogP contribution is 2.14. The van der Waals surface area contributed by atoms with Crippen molar-refractivity contribution in [3.05, 3.63) is 59.7 Å². The van der Waals surface area contributed by atoms with Crippen LogP contribution in [0.4, 0.5) is 0 Å². The number of hydrogen-bond acceptors (Lipinski definition) is 5. The number of benzene rings is 2. The number of Topliss-reactive ketones (excluding diaryl/α,β-unsaturated/α-hetero) is 1. The van der Waals surface area contributed by atoms with Gasteiger partial charge < -0.3 is 14.2 Å². The lowest BCUT2D eigenvalue weighted by Crippen LogP contribution is -2.15. The number of aryl methyl sites for hydroxylation is 1. The lowest BCUT2D eigenvalue weighted by molar-refractivity contribution is -0.135. The summed E-state index contributed by atoms with van der Waals surface area (Å²) in [6.07, 6.45) is 0. The zero-order valence-corrected chi connectivity index (χ0v) is 13.1. The maximum Gasteiger partial charge on any atom is 0.379 e. The van der Waals surface area contributed by atoms with Gasteiger partial charge in [0.15, 0.2) is 0 Å². The van der Waals surface area contributed by atoms with Gasteiger partial charge in [0.2, 0.25) is 0 Å². The molecule has 0 heterocycles. The molecule has 5 nitrogen and oxygen atoms in total. The Morgan fingerprint density at radius 2 is 1.30 bits per heavy atom. The molecule has 0 saturated heterocycles. The van der Waals surface area contributed by atoms with Crippen LogP contribution in [-0.4, -0.2) is 32.1 Å². The second kappa shape index (κ2) is 7.98. The van der Waals surface area contributed by atoms with Crippen LogP contribution in [0.15, 0.2) is 48.5 Å². The number of hydrogen-bond donors (Lipinski definition) is 0. The minimum absolute atomic E-state index is 0.264. The molecule has 0 amide bonds. The second-order valence-corrected chi connectivity index (χ2v) is 4.86. The van der Waals surface area contributed by atoms with E-state index in [4.69, 9.17) is 9.47 Å². The number of carbonyl (C=O) groups excluding carboxylic acids is 2. The average molecular weight is 314 g/mol. The number of esters is 1. The molecule has 0 fully saturated rings. The van der Waals surface area contributed by atoms with E-state index in [1.54, 1.807) is 12.1 Å². The molecule has 0 saturated carbocycles. The molecule has 0 radical (unpaired) electrons. The van der Waals surface area contributed by atoms with Crippen molar-refractivity contribution in [2.45, 2.75) is 6.92 Å². The van der Waals surface area contributed by atoms with Gasteiger partial charge in [0.25, 0.3) is 5.78 Å². The summed E-state index contributed by atoms with van der Waals surface area (Å²) in [5, 5.41) is 0. The molecule has 5 heteroatoms. The Morgan fingerprint density at radius 3 is 1.78 bits per heavy atom. The van der Waals surface area contributed by atoms with E-state index in [1.165, 1.54) is 24.8 Å². The zero-order chi connectivity index (χ0) is 16.7. The van der Waals surface area contributed by atoms with Crippen LogP contribution in [0.1, 0.15) is 15.9 Å². The Hall–Kier alpha value is -2.82. The first-order valence-corrected chi connectivity index (χ1v) is 7.15. The van der Waals surface area contributed by atoms with E-state index in [0.717, 1.165) is 5.75 Å². The fourth-order valence-electron chi connectivity index (χ4n) is 1.87. The standard InChI is InChI=1S/C18H18O5/c1-13-3-7-15(8-4-13)22-11-12-23-16-9-5-14(6-10-16)17(19)18(20)21-2/h3-10H,11-12H2,1-2H3. The summed E-state index contributed by atoms with van der Waals surface area (Å²) < 4.78 is 15.5. The summed E-state index contributed by atoms with van der Waals surface area (Å²) in [5.74, 6) is -0.177. The van der Waals surface area contributed by atoms with E-state index < -0.39 is 11.8 Å². The van der Waals surface area contributed by atoms with Gasteiger partial charge in [-0.2, -0.15) is 0 Å². The summed E-state index contributed by atoms with van der Waals surface area (Å²) in [6, 6.07) is 14.1. The van der Waals surface area contributed by atoms with Crippen molar-refractivity contribution >= 4 is 11.8 Å². The molecule has 0 aromatic heterocycles. The molecule has 0 aliphatic carbocycles. The van der Waals surface area contributed by atoms with Crippen LogP contribution in [0.3, 0.4) is 0 Å². The molecule has 2 aromatic rings. The van der Waals surface area contributed by atoms with Crippen LogP contribution < -0.4 is 9.47 Å². The quantitative estimate of drug-likeness (QED) is 0.340. The van der Waals surface area contributed by atoms with Crippen LogP contribution in [0, 0.1) is 6.92 Å². The minimum Gasteiger partial charge on any atom is -0.490 e. The second-order valence-electron chi connectivity index (χ2n) is 4.86. The lowest BCUT2D eigenvalue weighted by Gasteiger charge is -2.09. The van der Waals surface area contributed by atoms with E-state index in [1.807, 2.05) is 31.2 Å². The minimum atomic E-state index is -0.884. The van der Waals surface area contributed by atoms with E-state index in [-0.39, 0.29) is 5.56 Å².